The van der Waals surface area contributed by atoms with E-state index in [1.165, 1.54) is 7.05 Å². The fraction of sp³-hybridized carbons (Fsp3) is 0.167. The number of amides is 2. The summed E-state index contributed by atoms with van der Waals surface area (Å²) in [5.41, 5.74) is 7.04. The molecule has 2 aromatic rings. The van der Waals surface area contributed by atoms with E-state index in [2.05, 4.69) is 10.6 Å². The third-order valence-corrected chi connectivity index (χ3v) is 3.78. The highest BCUT2D eigenvalue weighted by molar-refractivity contribution is 6.30. The average molecular weight is 375 g/mol. The lowest BCUT2D eigenvalue weighted by molar-refractivity contribution is -0.122. The Morgan fingerprint density at radius 3 is 2.62 bits per heavy atom. The first-order valence-electron chi connectivity index (χ1n) is 7.75. The van der Waals surface area contributed by atoms with Crippen LogP contribution in [0.3, 0.4) is 0 Å². The van der Waals surface area contributed by atoms with Gasteiger partial charge in [0, 0.05) is 35.3 Å². The summed E-state index contributed by atoms with van der Waals surface area (Å²) >= 11 is 5.89. The van der Waals surface area contributed by atoms with E-state index >= 15 is 0 Å². The molecule has 26 heavy (non-hydrogen) atoms. The standard InChI is InChI=1S/C18H19ClN4O3/c1-22-16(24)10-26-15-8-11(17(20)21)5-6-13(15)9-23-18(25)12-3-2-4-14(19)7-12/h2-8H,9-10H2,1H3,(H3,20,21)(H,22,24)(H,23,25). The number of carbonyl (C=O) groups is 2. The molecule has 0 atom stereocenters. The van der Waals surface area contributed by atoms with E-state index in [1.807, 2.05) is 0 Å². The lowest BCUT2D eigenvalue weighted by atomic mass is 10.1. The van der Waals surface area contributed by atoms with Crippen LogP contribution in [0.1, 0.15) is 21.5 Å². The maximum Gasteiger partial charge on any atom is 0.257 e. The summed E-state index contributed by atoms with van der Waals surface area (Å²) < 4.78 is 5.50. The highest BCUT2D eigenvalue weighted by Crippen LogP contribution is 2.21. The van der Waals surface area contributed by atoms with Crippen LogP contribution in [0.25, 0.3) is 0 Å². The van der Waals surface area contributed by atoms with Crippen molar-refractivity contribution >= 4 is 29.3 Å². The van der Waals surface area contributed by atoms with Crippen molar-refractivity contribution in [3.8, 4) is 5.75 Å². The second-order valence-electron chi connectivity index (χ2n) is 5.39. The van der Waals surface area contributed by atoms with Crippen LogP contribution in [0.4, 0.5) is 0 Å². The van der Waals surface area contributed by atoms with Gasteiger partial charge in [0.05, 0.1) is 0 Å². The van der Waals surface area contributed by atoms with Crippen molar-refractivity contribution in [2.45, 2.75) is 6.54 Å². The summed E-state index contributed by atoms with van der Waals surface area (Å²) in [6, 6.07) is 11.5. The van der Waals surface area contributed by atoms with Gasteiger partial charge in [0.15, 0.2) is 6.61 Å². The minimum Gasteiger partial charge on any atom is -0.483 e. The van der Waals surface area contributed by atoms with Crippen LogP contribution in [0.5, 0.6) is 5.75 Å². The first-order valence-corrected chi connectivity index (χ1v) is 8.13. The number of nitrogens with two attached hydrogens (primary N) is 1. The number of carbonyl (C=O) groups excluding carboxylic acids is 2. The van der Waals surface area contributed by atoms with Crippen molar-refractivity contribution < 1.29 is 14.3 Å². The third kappa shape index (κ3) is 5.22. The quantitative estimate of drug-likeness (QED) is 0.435. The summed E-state index contributed by atoms with van der Waals surface area (Å²) in [5, 5.41) is 13.2. The number of hydrogen-bond donors (Lipinski definition) is 4. The van der Waals surface area contributed by atoms with Crippen LogP contribution in [0.2, 0.25) is 5.02 Å². The maximum absolute atomic E-state index is 12.2. The van der Waals surface area contributed by atoms with E-state index in [-0.39, 0.29) is 30.8 Å². The molecule has 2 rings (SSSR count). The van der Waals surface area contributed by atoms with Gasteiger partial charge in [-0.25, -0.2) is 0 Å². The highest BCUT2D eigenvalue weighted by Gasteiger charge is 2.11. The van der Waals surface area contributed by atoms with Gasteiger partial charge < -0.3 is 21.1 Å². The van der Waals surface area contributed by atoms with E-state index in [1.54, 1.807) is 42.5 Å². The number of rotatable bonds is 7. The molecule has 0 aliphatic carbocycles. The minimum atomic E-state index is -0.299. The van der Waals surface area contributed by atoms with E-state index in [4.69, 9.17) is 27.5 Å². The first kappa shape index (κ1) is 19.3. The summed E-state index contributed by atoms with van der Waals surface area (Å²) in [4.78, 5) is 23.7. The molecule has 0 aliphatic rings. The van der Waals surface area contributed by atoms with E-state index in [0.29, 0.717) is 27.5 Å². The summed E-state index contributed by atoms with van der Waals surface area (Å²) in [6.07, 6.45) is 0. The number of nitrogens with one attached hydrogen (secondary N) is 3. The van der Waals surface area contributed by atoms with Crippen molar-refractivity contribution in [1.82, 2.24) is 10.6 Å². The molecule has 136 valence electrons. The molecule has 8 heteroatoms. The number of halogens is 1. The fourth-order valence-electron chi connectivity index (χ4n) is 2.13. The Hall–Kier alpha value is -3.06. The predicted octanol–water partition coefficient (Wildman–Crippen LogP) is 1.68. The maximum atomic E-state index is 12.2. The number of ether oxygens (including phenoxy) is 1. The molecular weight excluding hydrogens is 356 g/mol. The zero-order valence-electron chi connectivity index (χ0n) is 14.1. The molecule has 0 heterocycles. The zero-order valence-corrected chi connectivity index (χ0v) is 14.9. The Bertz CT molecular complexity index is 839. The Morgan fingerprint density at radius 1 is 1.19 bits per heavy atom. The molecule has 2 aromatic carbocycles. The topological polar surface area (TPSA) is 117 Å². The van der Waals surface area contributed by atoms with Gasteiger partial charge in [-0.1, -0.05) is 29.8 Å². The number of hydrogen-bond acceptors (Lipinski definition) is 4. The molecule has 0 aliphatic heterocycles. The molecular formula is C18H19ClN4O3. The van der Waals surface area contributed by atoms with Crippen LogP contribution in [0.15, 0.2) is 42.5 Å². The number of likely N-dealkylation sites (N-methyl/N-ethyl adjacent to an activating group) is 1. The molecule has 0 unspecified atom stereocenters. The van der Waals surface area contributed by atoms with Gasteiger partial charge in [-0.05, 0) is 24.3 Å². The highest BCUT2D eigenvalue weighted by atomic mass is 35.5. The summed E-state index contributed by atoms with van der Waals surface area (Å²) in [7, 11) is 1.50. The SMILES string of the molecule is CNC(=O)COc1cc(C(=N)N)ccc1CNC(=O)c1cccc(Cl)c1. The first-order chi connectivity index (χ1) is 12.4. The van der Waals surface area contributed by atoms with Crippen molar-refractivity contribution in [1.29, 1.82) is 5.41 Å². The fourth-order valence-corrected chi connectivity index (χ4v) is 2.32. The Kier molecular flexibility index (Phi) is 6.57. The Labute approximate surface area is 156 Å². The Balaban J connectivity index is 2.14. The normalized spacial score (nSPS) is 10.1. The molecule has 0 fully saturated rings. The molecule has 0 aromatic heterocycles. The molecule has 0 radical (unpaired) electrons. The lowest BCUT2D eigenvalue weighted by Crippen LogP contribution is -2.26. The zero-order chi connectivity index (χ0) is 19.1. The number of amidine groups is 1. The van der Waals surface area contributed by atoms with E-state index in [9.17, 15) is 9.59 Å². The van der Waals surface area contributed by atoms with E-state index < -0.39 is 0 Å². The molecule has 7 nitrogen and oxygen atoms in total. The van der Waals surface area contributed by atoms with Gasteiger partial charge in [-0.15, -0.1) is 0 Å². The Morgan fingerprint density at radius 2 is 1.96 bits per heavy atom. The smallest absolute Gasteiger partial charge is 0.257 e. The third-order valence-electron chi connectivity index (χ3n) is 3.54. The molecule has 0 saturated carbocycles. The van der Waals surface area contributed by atoms with Gasteiger partial charge in [-0.2, -0.15) is 0 Å². The second-order valence-corrected chi connectivity index (χ2v) is 5.83. The monoisotopic (exact) mass is 374 g/mol. The predicted molar refractivity (Wildman–Crippen MR) is 99.6 cm³/mol. The number of nitrogen functional groups attached to an aromatic ring is 1. The van der Waals surface area contributed by atoms with Gasteiger partial charge in [-0.3, -0.25) is 15.0 Å². The van der Waals surface area contributed by atoms with Crippen LogP contribution in [-0.2, 0) is 11.3 Å². The van der Waals surface area contributed by atoms with Crippen molar-refractivity contribution in [2.75, 3.05) is 13.7 Å². The second kappa shape index (κ2) is 8.87. The van der Waals surface area contributed by atoms with Crippen molar-refractivity contribution in [3.63, 3.8) is 0 Å². The van der Waals surface area contributed by atoms with Crippen molar-refractivity contribution in [2.24, 2.45) is 5.73 Å². The molecule has 0 saturated heterocycles. The molecule has 0 spiro atoms. The van der Waals surface area contributed by atoms with Crippen LogP contribution in [0, 0.1) is 5.41 Å². The van der Waals surface area contributed by atoms with Crippen LogP contribution < -0.4 is 21.1 Å². The van der Waals surface area contributed by atoms with E-state index in [0.717, 1.165) is 0 Å². The van der Waals surface area contributed by atoms with Crippen LogP contribution in [-0.4, -0.2) is 31.3 Å². The van der Waals surface area contributed by atoms with Gasteiger partial charge in [0.25, 0.3) is 11.8 Å². The molecule has 5 N–H and O–H groups in total. The minimum absolute atomic E-state index is 0.121. The summed E-state index contributed by atoms with van der Waals surface area (Å²) in [6.45, 7) is -0.0142. The largest absolute Gasteiger partial charge is 0.483 e. The van der Waals surface area contributed by atoms with Crippen LogP contribution >= 0.6 is 11.6 Å². The summed E-state index contributed by atoms with van der Waals surface area (Å²) in [5.74, 6) is -0.343. The molecule has 2 amide bonds. The van der Waals surface area contributed by atoms with Gasteiger partial charge in [0.2, 0.25) is 0 Å². The number of benzene rings is 2. The van der Waals surface area contributed by atoms with Gasteiger partial charge >= 0.3 is 0 Å². The van der Waals surface area contributed by atoms with Crippen molar-refractivity contribution in [3.05, 3.63) is 64.2 Å². The van der Waals surface area contributed by atoms with Gasteiger partial charge in [0.1, 0.15) is 11.6 Å². The average Bonchev–Trinajstić information content (AvgIpc) is 2.64. The molecule has 0 bridgehead atoms. The lowest BCUT2D eigenvalue weighted by Gasteiger charge is -2.13.